The van der Waals surface area contributed by atoms with Gasteiger partial charge in [0.25, 0.3) is 0 Å². The summed E-state index contributed by atoms with van der Waals surface area (Å²) in [5, 5.41) is 121. The number of nitrogens with one attached hydrogen (secondary N) is 1. The van der Waals surface area contributed by atoms with Crippen molar-refractivity contribution >= 4 is 5.91 Å². The highest BCUT2D eigenvalue weighted by molar-refractivity contribution is 5.76. The van der Waals surface area contributed by atoms with Crippen LogP contribution in [-0.2, 0) is 33.2 Å². The summed E-state index contributed by atoms with van der Waals surface area (Å²) in [6.07, 6.45) is 58.9. The average Bonchev–Trinajstić information content (AvgIpc) is 0.780. The molecule has 0 radical (unpaired) electrons. The molecule has 19 heteroatoms. The highest BCUT2D eigenvalue weighted by Gasteiger charge is 2.54. The van der Waals surface area contributed by atoms with E-state index in [1.807, 2.05) is 6.08 Å². The van der Waals surface area contributed by atoms with E-state index in [2.05, 4.69) is 43.5 Å². The number of hydrogen-bond donors (Lipinski definition) is 12. The molecular weight excluding hydrogens is 1350 g/mol. The van der Waals surface area contributed by atoms with E-state index in [1.54, 1.807) is 6.08 Å². The van der Waals surface area contributed by atoms with Gasteiger partial charge in [0.2, 0.25) is 5.91 Å². The number of allylic oxidation sites excluding steroid dienone is 5. The van der Waals surface area contributed by atoms with Crippen molar-refractivity contribution in [3.63, 3.8) is 0 Å². The van der Waals surface area contributed by atoms with Crippen molar-refractivity contribution in [2.45, 2.75) is 484 Å². The van der Waals surface area contributed by atoms with Crippen LogP contribution in [-0.4, -0.2) is 193 Å². The third kappa shape index (κ3) is 46.3. The van der Waals surface area contributed by atoms with E-state index in [-0.39, 0.29) is 18.9 Å². The van der Waals surface area contributed by atoms with Crippen LogP contribution >= 0.6 is 0 Å². The van der Waals surface area contributed by atoms with E-state index in [0.29, 0.717) is 12.8 Å². The molecule has 1 amide bonds. The molecule has 3 fully saturated rings. The van der Waals surface area contributed by atoms with Crippen LogP contribution in [0.3, 0.4) is 0 Å². The molecule has 19 nitrogen and oxygen atoms in total. The lowest BCUT2D eigenvalue weighted by Crippen LogP contribution is -2.66. The highest BCUT2D eigenvalue weighted by Crippen LogP contribution is 2.34. The number of hydrogen-bond acceptors (Lipinski definition) is 18. The maximum atomic E-state index is 13.5. The van der Waals surface area contributed by atoms with Crippen LogP contribution in [0, 0.1) is 0 Å². The molecule has 17 atom stereocenters. The van der Waals surface area contributed by atoms with Gasteiger partial charge < -0.3 is 89.9 Å². The summed E-state index contributed by atoms with van der Waals surface area (Å²) in [6.45, 7) is 1.78. The summed E-state index contributed by atoms with van der Waals surface area (Å²) < 4.78 is 34.5. The Labute approximate surface area is 644 Å². The molecule has 0 aliphatic carbocycles. The van der Waals surface area contributed by atoms with Crippen LogP contribution in [0.5, 0.6) is 0 Å². The highest BCUT2D eigenvalue weighted by atomic mass is 16.8. The zero-order valence-corrected chi connectivity index (χ0v) is 67.2. The van der Waals surface area contributed by atoms with Crippen LogP contribution in [0.15, 0.2) is 36.5 Å². The summed E-state index contributed by atoms with van der Waals surface area (Å²) in [5.41, 5.74) is 0. The van der Waals surface area contributed by atoms with Crippen molar-refractivity contribution in [3.05, 3.63) is 36.5 Å². The topological polar surface area (TPSA) is 307 Å². The van der Waals surface area contributed by atoms with Crippen molar-refractivity contribution in [3.8, 4) is 0 Å². The second-order valence-corrected chi connectivity index (χ2v) is 31.7. The zero-order valence-electron chi connectivity index (χ0n) is 67.2. The minimum absolute atomic E-state index is 0.240. The number of carbonyl (C=O) groups is 1. The normalized spacial score (nSPS) is 25.8. The standard InChI is InChI=1S/C87H163NO18/c1-3-5-7-9-11-13-15-17-19-21-23-25-27-28-29-30-31-32-33-34-35-36-37-38-39-40-41-42-43-45-47-49-51-53-55-57-59-61-63-65-75(93)88-70(71(92)64-62-60-58-56-54-52-50-48-46-44-26-24-22-20-18-16-14-12-10-8-6-4-2)69-101-85-81(99)78(96)83(73(67-90)103-85)106-87-82(100)79(97)84(74(68-91)104-87)105-86-80(98)77(95)76(94)72(66-89)102-86/h21,23,54,56,62,64,70-74,76-87,89-92,94-100H,3-20,22,24-53,55,57-61,63,65-69H2,1-2H3,(H,88,93)/b23-21-,56-54+,64-62+. The summed E-state index contributed by atoms with van der Waals surface area (Å²) in [6, 6.07) is -0.990. The van der Waals surface area contributed by atoms with Gasteiger partial charge in [0, 0.05) is 6.42 Å². The predicted molar refractivity (Wildman–Crippen MR) is 425 cm³/mol. The maximum absolute atomic E-state index is 13.5. The SMILES string of the molecule is CCCCCCCCCC/C=C\CCCCCCCCCCCCCCCCCCCCCCCCCCCCCC(=O)NC(COC1OC(CO)C(OC2OC(CO)C(OC3OC(CO)C(O)C(O)C3O)C(O)C2O)C(O)C1O)C(O)/C=C/CC/C=C/CCCCCCCCCCCCCCCCCC. The molecule has 0 saturated carbocycles. The van der Waals surface area contributed by atoms with Crippen LogP contribution in [0.1, 0.15) is 380 Å². The molecule has 3 saturated heterocycles. The van der Waals surface area contributed by atoms with Gasteiger partial charge in [-0.3, -0.25) is 4.79 Å². The monoisotopic (exact) mass is 1510 g/mol. The lowest BCUT2D eigenvalue weighted by Gasteiger charge is -2.48. The van der Waals surface area contributed by atoms with E-state index in [4.69, 9.17) is 28.4 Å². The summed E-state index contributed by atoms with van der Waals surface area (Å²) in [4.78, 5) is 13.5. The molecule has 3 rings (SSSR count). The van der Waals surface area contributed by atoms with Crippen molar-refractivity contribution in [1.82, 2.24) is 5.32 Å². The third-order valence-electron chi connectivity index (χ3n) is 22.2. The van der Waals surface area contributed by atoms with Crippen LogP contribution < -0.4 is 5.32 Å². The second kappa shape index (κ2) is 67.5. The Balaban J connectivity index is 1.31. The molecule has 0 aromatic carbocycles. The fraction of sp³-hybridized carbons (Fsp3) is 0.920. The second-order valence-electron chi connectivity index (χ2n) is 31.7. The molecule has 17 unspecified atom stereocenters. The molecule has 106 heavy (non-hydrogen) atoms. The number of ether oxygens (including phenoxy) is 6. The lowest BCUT2D eigenvalue weighted by molar-refractivity contribution is -0.379. The summed E-state index contributed by atoms with van der Waals surface area (Å²) in [5.74, 6) is -0.277. The van der Waals surface area contributed by atoms with E-state index in [0.717, 1.165) is 38.5 Å². The third-order valence-corrected chi connectivity index (χ3v) is 22.2. The number of aliphatic hydroxyl groups excluding tert-OH is 11. The first kappa shape index (κ1) is 98.2. The first-order valence-corrected chi connectivity index (χ1v) is 44.2. The molecule has 624 valence electrons. The summed E-state index contributed by atoms with van der Waals surface area (Å²) in [7, 11) is 0. The van der Waals surface area contributed by atoms with E-state index >= 15 is 0 Å². The predicted octanol–water partition coefficient (Wildman–Crippen LogP) is 16.2. The molecule has 0 spiro atoms. The van der Waals surface area contributed by atoms with Crippen molar-refractivity contribution in [2.24, 2.45) is 0 Å². The first-order chi connectivity index (χ1) is 51.8. The van der Waals surface area contributed by atoms with E-state index < -0.39 is 124 Å². The number of carbonyl (C=O) groups excluding carboxylic acids is 1. The average molecular weight is 1510 g/mol. The molecule has 3 heterocycles. The van der Waals surface area contributed by atoms with Gasteiger partial charge in [0.05, 0.1) is 38.6 Å². The molecular formula is C87H163NO18. The lowest BCUT2D eigenvalue weighted by atomic mass is 9.96. The van der Waals surface area contributed by atoms with Crippen molar-refractivity contribution in [2.75, 3.05) is 26.4 Å². The largest absolute Gasteiger partial charge is 0.394 e. The van der Waals surface area contributed by atoms with Crippen LogP contribution in [0.2, 0.25) is 0 Å². The van der Waals surface area contributed by atoms with Gasteiger partial charge in [-0.15, -0.1) is 0 Å². The molecule has 0 bridgehead atoms. The Morgan fingerprint density at radius 2 is 0.604 bits per heavy atom. The Morgan fingerprint density at radius 1 is 0.330 bits per heavy atom. The summed E-state index contributed by atoms with van der Waals surface area (Å²) >= 11 is 0. The van der Waals surface area contributed by atoms with Crippen molar-refractivity contribution in [1.29, 1.82) is 0 Å². The molecule has 3 aliphatic heterocycles. The molecule has 0 aromatic rings. The van der Waals surface area contributed by atoms with Gasteiger partial charge in [-0.2, -0.15) is 0 Å². The Bertz CT molecular complexity index is 2050. The number of aliphatic hydroxyl groups is 11. The molecule has 12 N–H and O–H groups in total. The zero-order chi connectivity index (χ0) is 76.7. The van der Waals surface area contributed by atoms with Gasteiger partial charge in [0.1, 0.15) is 73.2 Å². The maximum Gasteiger partial charge on any atom is 0.220 e. The van der Waals surface area contributed by atoms with Gasteiger partial charge in [0.15, 0.2) is 18.9 Å². The molecule has 3 aliphatic rings. The van der Waals surface area contributed by atoms with Gasteiger partial charge >= 0.3 is 0 Å². The smallest absolute Gasteiger partial charge is 0.220 e. The van der Waals surface area contributed by atoms with Gasteiger partial charge in [-0.1, -0.05) is 352 Å². The number of rotatable bonds is 72. The Hall–Kier alpha value is -1.99. The Morgan fingerprint density at radius 3 is 0.943 bits per heavy atom. The quantitative estimate of drug-likeness (QED) is 0.0199. The fourth-order valence-electron chi connectivity index (χ4n) is 15.1. The van der Waals surface area contributed by atoms with E-state index in [9.17, 15) is 61.0 Å². The Kier molecular flexibility index (Phi) is 62.5. The van der Waals surface area contributed by atoms with Gasteiger partial charge in [-0.25, -0.2) is 0 Å². The number of amides is 1. The molecule has 0 aromatic heterocycles. The fourth-order valence-corrected chi connectivity index (χ4v) is 15.1. The minimum atomic E-state index is -1.98. The van der Waals surface area contributed by atoms with Crippen molar-refractivity contribution < 1.29 is 89.4 Å². The van der Waals surface area contributed by atoms with Crippen LogP contribution in [0.4, 0.5) is 0 Å². The first-order valence-electron chi connectivity index (χ1n) is 44.2. The minimum Gasteiger partial charge on any atom is -0.394 e. The van der Waals surface area contributed by atoms with Gasteiger partial charge in [-0.05, 0) is 57.8 Å². The van der Waals surface area contributed by atoms with Crippen LogP contribution in [0.25, 0.3) is 0 Å². The number of unbranched alkanes of at least 4 members (excludes halogenated alkanes) is 52. The van der Waals surface area contributed by atoms with E-state index in [1.165, 1.54) is 308 Å².